The van der Waals surface area contributed by atoms with Crippen LogP contribution < -0.4 is 11.1 Å². The lowest BCUT2D eigenvalue weighted by atomic mass is 9.76. The van der Waals surface area contributed by atoms with Gasteiger partial charge >= 0.3 is 11.9 Å². The van der Waals surface area contributed by atoms with E-state index in [1.165, 1.54) is 14.2 Å². The molecule has 12 nitrogen and oxygen atoms in total. The predicted molar refractivity (Wildman–Crippen MR) is 190 cm³/mol. The number of carbonyl (C=O) groups excluding carboxylic acids is 2. The number of nitrogens with zero attached hydrogens (tertiary/aromatic N) is 6. The highest BCUT2D eigenvalue weighted by molar-refractivity contribution is 5.85. The lowest BCUT2D eigenvalue weighted by Gasteiger charge is -2.40. The molecule has 3 rings (SSSR count). The van der Waals surface area contributed by atoms with Gasteiger partial charge in [-0.15, -0.1) is 12.4 Å². The molecule has 0 aliphatic carbocycles. The van der Waals surface area contributed by atoms with Crippen molar-refractivity contribution in [2.24, 2.45) is 16.0 Å². The van der Waals surface area contributed by atoms with Gasteiger partial charge in [0.1, 0.15) is 12.1 Å². The summed E-state index contributed by atoms with van der Waals surface area (Å²) in [5.74, 6) is -1.08. The van der Waals surface area contributed by atoms with Crippen molar-refractivity contribution in [3.8, 4) is 0 Å². The first-order valence-electron chi connectivity index (χ1n) is 12.7. The molecule has 0 amide bonds. The SMILES string of the molecule is C.C.C.C.COC(=O)[C@@H](N)[C@@H](C)N=[N+]=[N-].COC(=O)[C@@H](NC(c1ccccc1)(c1ccccc1)c1ccccc1)[C@@H](C)N=[N+]=[N-].Cl. The summed E-state index contributed by atoms with van der Waals surface area (Å²) in [7, 11) is 2.56. The Morgan fingerprint density at radius 1 is 0.696 bits per heavy atom. The highest BCUT2D eigenvalue weighted by Crippen LogP contribution is 2.37. The summed E-state index contributed by atoms with van der Waals surface area (Å²) in [5, 5.41) is 10.5. The topological polar surface area (TPSA) is 188 Å². The first-order chi connectivity index (χ1) is 19.8. The maximum absolute atomic E-state index is 12.7. The molecular formula is C33H51ClN8O4. The summed E-state index contributed by atoms with van der Waals surface area (Å²) in [6, 6.07) is 26.7. The number of ether oxygens (including phenoxy) is 2. The van der Waals surface area contributed by atoms with Crippen LogP contribution in [0.15, 0.2) is 101 Å². The number of carbonyl (C=O) groups is 2. The van der Waals surface area contributed by atoms with Gasteiger partial charge in [0.05, 0.1) is 31.8 Å². The van der Waals surface area contributed by atoms with Gasteiger partial charge in [-0.2, -0.15) is 0 Å². The minimum atomic E-state index is -0.879. The fourth-order valence-electron chi connectivity index (χ4n) is 4.19. The monoisotopic (exact) mass is 658 g/mol. The summed E-state index contributed by atoms with van der Waals surface area (Å²) in [6.45, 7) is 3.24. The third-order valence-corrected chi connectivity index (χ3v) is 6.39. The number of azide groups is 2. The summed E-state index contributed by atoms with van der Waals surface area (Å²) in [5.41, 5.74) is 24.2. The number of esters is 2. The lowest BCUT2D eigenvalue weighted by Crippen LogP contribution is -2.56. The quantitative estimate of drug-likeness (QED) is 0.0690. The Morgan fingerprint density at radius 2 is 1.02 bits per heavy atom. The molecule has 0 aromatic heterocycles. The molecule has 0 heterocycles. The van der Waals surface area contributed by atoms with Crippen molar-refractivity contribution in [1.29, 1.82) is 0 Å². The summed E-state index contributed by atoms with van der Waals surface area (Å²) < 4.78 is 9.38. The third kappa shape index (κ3) is 12.4. The zero-order chi connectivity index (χ0) is 30.3. The van der Waals surface area contributed by atoms with Crippen LogP contribution in [0.25, 0.3) is 20.9 Å². The first-order valence-corrected chi connectivity index (χ1v) is 12.7. The van der Waals surface area contributed by atoms with Crippen LogP contribution in [0.5, 0.6) is 0 Å². The highest BCUT2D eigenvalue weighted by Gasteiger charge is 2.41. The molecule has 254 valence electrons. The Hall–Kier alpha value is -4.57. The van der Waals surface area contributed by atoms with E-state index in [-0.39, 0.29) is 42.1 Å². The van der Waals surface area contributed by atoms with Crippen LogP contribution in [0.2, 0.25) is 0 Å². The van der Waals surface area contributed by atoms with Crippen molar-refractivity contribution in [3.05, 3.63) is 129 Å². The molecule has 3 aromatic carbocycles. The van der Waals surface area contributed by atoms with Crippen molar-refractivity contribution in [3.63, 3.8) is 0 Å². The zero-order valence-corrected chi connectivity index (χ0v) is 24.6. The van der Waals surface area contributed by atoms with E-state index in [9.17, 15) is 9.59 Å². The lowest BCUT2D eigenvalue weighted by molar-refractivity contribution is -0.144. The Kier molecular flexibility index (Phi) is 26.0. The zero-order valence-electron chi connectivity index (χ0n) is 23.8. The Bertz CT molecular complexity index is 1260. The van der Waals surface area contributed by atoms with Gasteiger partial charge in [-0.1, -0.05) is 145 Å². The second-order valence-electron chi connectivity index (χ2n) is 8.93. The average Bonchev–Trinajstić information content (AvgIpc) is 3.02. The summed E-state index contributed by atoms with van der Waals surface area (Å²) in [6.07, 6.45) is 0. The highest BCUT2D eigenvalue weighted by atomic mass is 35.5. The van der Waals surface area contributed by atoms with Crippen molar-refractivity contribution in [2.75, 3.05) is 14.2 Å². The molecule has 0 fully saturated rings. The van der Waals surface area contributed by atoms with Crippen LogP contribution >= 0.6 is 12.4 Å². The molecular weight excluding hydrogens is 608 g/mol. The largest absolute Gasteiger partial charge is 0.468 e. The van der Waals surface area contributed by atoms with Gasteiger partial charge in [0, 0.05) is 9.82 Å². The molecule has 0 aliphatic heterocycles. The maximum atomic E-state index is 12.7. The molecule has 0 saturated heterocycles. The number of nitrogens with one attached hydrogen (secondary N) is 1. The van der Waals surface area contributed by atoms with E-state index < -0.39 is 41.6 Å². The molecule has 0 radical (unpaired) electrons. The summed E-state index contributed by atoms with van der Waals surface area (Å²) >= 11 is 0. The van der Waals surface area contributed by atoms with Crippen LogP contribution in [0, 0.1) is 0 Å². The molecule has 0 bridgehead atoms. The van der Waals surface area contributed by atoms with Gasteiger partial charge in [0.15, 0.2) is 0 Å². The van der Waals surface area contributed by atoms with E-state index in [1.54, 1.807) is 13.8 Å². The van der Waals surface area contributed by atoms with Crippen LogP contribution in [-0.4, -0.2) is 50.3 Å². The van der Waals surface area contributed by atoms with Gasteiger partial charge in [-0.3, -0.25) is 14.9 Å². The number of methoxy groups -OCH3 is 2. The van der Waals surface area contributed by atoms with E-state index in [4.69, 9.17) is 21.5 Å². The van der Waals surface area contributed by atoms with E-state index in [0.717, 1.165) is 16.7 Å². The van der Waals surface area contributed by atoms with Gasteiger partial charge < -0.3 is 15.2 Å². The number of benzene rings is 3. The van der Waals surface area contributed by atoms with Crippen LogP contribution in [-0.2, 0) is 24.6 Å². The normalized spacial score (nSPS) is 11.9. The smallest absolute Gasteiger partial charge is 0.323 e. The molecule has 13 heteroatoms. The Balaban J connectivity index is -0.000000480. The van der Waals surface area contributed by atoms with Crippen LogP contribution in [0.3, 0.4) is 0 Å². The van der Waals surface area contributed by atoms with Gasteiger partial charge in [0.2, 0.25) is 0 Å². The van der Waals surface area contributed by atoms with Crippen molar-refractivity contribution in [2.45, 2.75) is 73.3 Å². The van der Waals surface area contributed by atoms with E-state index in [0.29, 0.717) is 0 Å². The minimum absolute atomic E-state index is 0. The Labute approximate surface area is 280 Å². The number of hydrogen-bond donors (Lipinski definition) is 2. The van der Waals surface area contributed by atoms with Crippen molar-refractivity contribution < 1.29 is 19.1 Å². The molecule has 4 atom stereocenters. The van der Waals surface area contributed by atoms with Crippen molar-refractivity contribution in [1.82, 2.24) is 5.32 Å². The predicted octanol–water partition coefficient (Wildman–Crippen LogP) is 7.96. The Morgan fingerprint density at radius 3 is 1.33 bits per heavy atom. The van der Waals surface area contributed by atoms with Gasteiger partial charge in [0.25, 0.3) is 0 Å². The fourth-order valence-corrected chi connectivity index (χ4v) is 4.19. The molecule has 46 heavy (non-hydrogen) atoms. The number of nitrogens with two attached hydrogens (primary N) is 1. The molecule has 0 spiro atoms. The first kappa shape index (κ1) is 48.3. The number of hydrogen-bond acceptors (Lipinski definition) is 8. The number of rotatable bonds is 11. The second-order valence-corrected chi connectivity index (χ2v) is 8.93. The van der Waals surface area contributed by atoms with E-state index in [2.05, 4.69) is 30.1 Å². The van der Waals surface area contributed by atoms with Gasteiger partial charge in [-0.25, -0.2) is 0 Å². The van der Waals surface area contributed by atoms with Crippen LogP contribution in [0.4, 0.5) is 0 Å². The molecule has 3 N–H and O–H groups in total. The third-order valence-electron chi connectivity index (χ3n) is 6.39. The molecule has 3 aromatic rings. The second kappa shape index (κ2) is 24.7. The minimum Gasteiger partial charge on any atom is -0.468 e. The average molecular weight is 659 g/mol. The van der Waals surface area contributed by atoms with Crippen molar-refractivity contribution >= 4 is 24.3 Å². The summed E-state index contributed by atoms with van der Waals surface area (Å²) in [4.78, 5) is 28.8. The molecule has 0 saturated carbocycles. The van der Waals surface area contributed by atoms with Gasteiger partial charge in [-0.05, 0) is 27.8 Å². The van der Waals surface area contributed by atoms with Crippen LogP contribution in [0.1, 0.15) is 60.2 Å². The molecule has 0 aliphatic rings. The standard InChI is InChI=1S/C24H24N4O2.C5H10N4O2.4CH4.ClH/c1-18(27-28-25)22(23(29)30-2)26-24(19-12-6-3-7-13-19,20-14-8-4-9-15-20)21-16-10-5-11-17-21;1-3(8-9-7)4(6)5(10)11-2;;;;;/h3-18,22,26H,1-2H3;3-4H,6H2,1-2H3;4*1H4;1H/t18-,22+;3-,4+;;;;;/m11...../s1. The maximum Gasteiger partial charge on any atom is 0.323 e. The van der Waals surface area contributed by atoms with E-state index >= 15 is 0 Å². The van der Waals surface area contributed by atoms with E-state index in [1.807, 2.05) is 91.0 Å². The fraction of sp³-hybridized carbons (Fsp3) is 0.394. The number of halogens is 1. The molecule has 0 unspecified atom stereocenters.